The third kappa shape index (κ3) is 4.19. The molecule has 160 valence electrons. The molecular weight excluding hydrogens is 458 g/mol. The Kier molecular flexibility index (Phi) is 6.45. The molecule has 0 aromatic heterocycles. The lowest BCUT2D eigenvalue weighted by Gasteiger charge is -2.47. The zero-order valence-electron chi connectivity index (χ0n) is 15.7. The summed E-state index contributed by atoms with van der Waals surface area (Å²) < 4.78 is 51.4. The average Bonchev–Trinajstić information content (AvgIpc) is 2.67. The number of halogens is 3. The lowest BCUT2D eigenvalue weighted by atomic mass is 9.83. The highest BCUT2D eigenvalue weighted by atomic mass is 35.5. The zero-order valence-corrected chi connectivity index (χ0v) is 18.1. The van der Waals surface area contributed by atoms with Gasteiger partial charge in [-0.05, 0) is 18.2 Å². The van der Waals surface area contributed by atoms with E-state index in [2.05, 4.69) is 0 Å². The molecule has 0 radical (unpaired) electrons. The largest absolute Gasteiger partial charge is 0.493 e. The van der Waals surface area contributed by atoms with E-state index in [1.165, 1.54) is 31.4 Å². The van der Waals surface area contributed by atoms with Gasteiger partial charge in [0.05, 0.1) is 36.3 Å². The number of nitrogens with zero attached hydrogens (tertiary/aromatic N) is 2. The van der Waals surface area contributed by atoms with Crippen molar-refractivity contribution in [3.05, 3.63) is 51.8 Å². The molecule has 0 aliphatic carbocycles. The molecule has 0 bridgehead atoms. The van der Waals surface area contributed by atoms with Gasteiger partial charge in [0.1, 0.15) is 16.8 Å². The van der Waals surface area contributed by atoms with Gasteiger partial charge in [-0.2, -0.15) is 9.57 Å². The first-order valence-electron chi connectivity index (χ1n) is 8.62. The van der Waals surface area contributed by atoms with E-state index in [-0.39, 0.29) is 53.3 Å². The van der Waals surface area contributed by atoms with Gasteiger partial charge >= 0.3 is 0 Å². The van der Waals surface area contributed by atoms with Gasteiger partial charge in [0, 0.05) is 30.2 Å². The summed E-state index contributed by atoms with van der Waals surface area (Å²) in [5, 5.41) is 19.0. The molecule has 0 unspecified atom stereocenters. The monoisotopic (exact) mass is 474 g/mol. The first-order valence-corrected chi connectivity index (χ1v) is 10.8. The van der Waals surface area contributed by atoms with Crippen LogP contribution in [0.15, 0.2) is 35.2 Å². The highest BCUT2D eigenvalue weighted by molar-refractivity contribution is 7.89. The van der Waals surface area contributed by atoms with Crippen LogP contribution in [0.4, 0.5) is 4.39 Å². The quantitative estimate of drug-likeness (QED) is 0.661. The van der Waals surface area contributed by atoms with Crippen molar-refractivity contribution in [2.24, 2.45) is 5.41 Å². The van der Waals surface area contributed by atoms with Crippen LogP contribution in [0.1, 0.15) is 5.56 Å². The number of sulfonamides is 1. The van der Waals surface area contributed by atoms with Crippen LogP contribution in [-0.2, 0) is 10.0 Å². The zero-order chi connectivity index (χ0) is 22.1. The van der Waals surface area contributed by atoms with Crippen molar-refractivity contribution in [2.75, 3.05) is 33.4 Å². The van der Waals surface area contributed by atoms with Crippen molar-refractivity contribution in [1.82, 2.24) is 4.31 Å². The van der Waals surface area contributed by atoms with Gasteiger partial charge < -0.3 is 14.6 Å². The van der Waals surface area contributed by atoms with Gasteiger partial charge in [-0.25, -0.2) is 12.8 Å². The second kappa shape index (κ2) is 8.57. The summed E-state index contributed by atoms with van der Waals surface area (Å²) >= 11 is 11.8. The summed E-state index contributed by atoms with van der Waals surface area (Å²) in [7, 11) is -2.54. The van der Waals surface area contributed by atoms with E-state index in [0.717, 1.165) is 10.4 Å². The van der Waals surface area contributed by atoms with Gasteiger partial charge in [-0.3, -0.25) is 0 Å². The van der Waals surface area contributed by atoms with E-state index in [1.807, 2.05) is 0 Å². The highest BCUT2D eigenvalue weighted by Crippen LogP contribution is 2.39. The van der Waals surface area contributed by atoms with Crippen molar-refractivity contribution in [3.63, 3.8) is 0 Å². The lowest BCUT2D eigenvalue weighted by molar-refractivity contribution is -0.0278. The Morgan fingerprint density at radius 2 is 1.97 bits per heavy atom. The van der Waals surface area contributed by atoms with Gasteiger partial charge in [-0.1, -0.05) is 23.2 Å². The molecule has 1 aliphatic heterocycles. The molecule has 0 amide bonds. The van der Waals surface area contributed by atoms with Crippen molar-refractivity contribution >= 4 is 33.2 Å². The number of hydrogen-bond donors (Lipinski definition) is 1. The molecule has 0 atom stereocenters. The van der Waals surface area contributed by atoms with Crippen LogP contribution < -0.4 is 9.47 Å². The predicted octanol–water partition coefficient (Wildman–Crippen LogP) is 3.07. The van der Waals surface area contributed by atoms with E-state index in [9.17, 15) is 17.9 Å². The summed E-state index contributed by atoms with van der Waals surface area (Å²) in [5.41, 5.74) is -1.08. The normalized spacial score (nSPS) is 15.9. The Bertz CT molecular complexity index is 1110. The molecule has 1 aliphatic rings. The standard InChI is InChI=1S/C19H17Cl2FN2O5S/c1-28-16-4-12(7-23)15(22)6-17(16)29-11-19(10-25)8-24(9-19)30(26,27)18-3-2-13(20)5-14(18)21/h2-6,25H,8-11H2,1H3. The van der Waals surface area contributed by atoms with E-state index < -0.39 is 21.3 Å². The van der Waals surface area contributed by atoms with Crippen molar-refractivity contribution in [3.8, 4) is 17.6 Å². The first kappa shape index (κ1) is 22.6. The number of aliphatic hydroxyl groups is 1. The SMILES string of the molecule is COc1cc(C#N)c(F)cc1OCC1(CO)CN(S(=O)(=O)c2ccc(Cl)cc2Cl)C1. The maximum Gasteiger partial charge on any atom is 0.244 e. The van der Waals surface area contributed by atoms with Gasteiger partial charge in [0.15, 0.2) is 11.5 Å². The lowest BCUT2D eigenvalue weighted by Crippen LogP contribution is -2.62. The minimum atomic E-state index is -3.89. The Hall–Kier alpha value is -2.09. The smallest absolute Gasteiger partial charge is 0.244 e. The fraction of sp³-hybridized carbons (Fsp3) is 0.316. The molecule has 1 fully saturated rings. The van der Waals surface area contributed by atoms with Gasteiger partial charge in [0.2, 0.25) is 10.0 Å². The molecule has 0 spiro atoms. The van der Waals surface area contributed by atoms with Crippen LogP contribution in [0.5, 0.6) is 11.5 Å². The Balaban J connectivity index is 1.74. The van der Waals surface area contributed by atoms with E-state index >= 15 is 0 Å². The Morgan fingerprint density at radius 1 is 1.27 bits per heavy atom. The number of nitriles is 1. The molecular formula is C19H17Cl2FN2O5S. The van der Waals surface area contributed by atoms with E-state index in [1.54, 1.807) is 6.07 Å². The minimum absolute atomic E-state index is 0.00181. The Morgan fingerprint density at radius 3 is 2.53 bits per heavy atom. The number of rotatable bonds is 7. The highest BCUT2D eigenvalue weighted by Gasteiger charge is 2.49. The van der Waals surface area contributed by atoms with Crippen LogP contribution in [0.25, 0.3) is 0 Å². The molecule has 2 aromatic carbocycles. The second-order valence-electron chi connectivity index (χ2n) is 6.89. The van der Waals surface area contributed by atoms with Crippen LogP contribution in [0, 0.1) is 22.6 Å². The minimum Gasteiger partial charge on any atom is -0.493 e. The third-order valence-corrected chi connectivity index (χ3v) is 7.29. The summed E-state index contributed by atoms with van der Waals surface area (Å²) in [6, 6.07) is 8.01. The molecule has 2 aromatic rings. The predicted molar refractivity (Wildman–Crippen MR) is 108 cm³/mol. The van der Waals surface area contributed by atoms with Crippen LogP contribution >= 0.6 is 23.2 Å². The average molecular weight is 475 g/mol. The maximum atomic E-state index is 13.9. The van der Waals surface area contributed by atoms with E-state index in [4.69, 9.17) is 37.9 Å². The summed E-state index contributed by atoms with van der Waals surface area (Å²) in [4.78, 5) is -0.0862. The number of ether oxygens (including phenoxy) is 2. The van der Waals surface area contributed by atoms with Gasteiger partial charge in [-0.15, -0.1) is 0 Å². The third-order valence-electron chi connectivity index (χ3n) is 4.78. The van der Waals surface area contributed by atoms with Crippen LogP contribution in [0.3, 0.4) is 0 Å². The van der Waals surface area contributed by atoms with Crippen molar-refractivity contribution < 1.29 is 27.4 Å². The number of hydrogen-bond acceptors (Lipinski definition) is 6. The van der Waals surface area contributed by atoms with Crippen molar-refractivity contribution in [1.29, 1.82) is 5.26 Å². The number of aliphatic hydroxyl groups excluding tert-OH is 1. The topological polar surface area (TPSA) is 99.9 Å². The Labute approximate surface area is 183 Å². The summed E-state index contributed by atoms with van der Waals surface area (Å²) in [6.45, 7) is -0.488. The number of benzene rings is 2. The van der Waals surface area contributed by atoms with Crippen LogP contribution in [0.2, 0.25) is 10.0 Å². The summed E-state index contributed by atoms with van der Waals surface area (Å²) in [6.07, 6.45) is 0. The molecule has 1 saturated heterocycles. The summed E-state index contributed by atoms with van der Waals surface area (Å²) in [5.74, 6) is -0.580. The van der Waals surface area contributed by atoms with Crippen LogP contribution in [-0.4, -0.2) is 51.2 Å². The molecule has 3 rings (SSSR count). The fourth-order valence-electron chi connectivity index (χ4n) is 3.06. The van der Waals surface area contributed by atoms with Crippen molar-refractivity contribution in [2.45, 2.75) is 4.90 Å². The van der Waals surface area contributed by atoms with E-state index in [0.29, 0.717) is 5.02 Å². The molecule has 0 saturated carbocycles. The fourth-order valence-corrected chi connectivity index (χ4v) is 5.47. The molecule has 1 N–H and O–H groups in total. The maximum absolute atomic E-state index is 13.9. The number of methoxy groups -OCH3 is 1. The van der Waals surface area contributed by atoms with Gasteiger partial charge in [0.25, 0.3) is 0 Å². The molecule has 30 heavy (non-hydrogen) atoms. The molecule has 1 heterocycles. The second-order valence-corrected chi connectivity index (χ2v) is 9.64. The first-order chi connectivity index (χ1) is 14.2. The molecule has 11 heteroatoms. The molecule has 7 nitrogen and oxygen atoms in total.